The first kappa shape index (κ1) is 13.5. The molecule has 1 rings (SSSR count). The van der Waals surface area contributed by atoms with Crippen LogP contribution in [-0.2, 0) is 11.3 Å². The SMILES string of the molecule is COCCN(CCCl)Cc1ccc(Br)s1. The van der Waals surface area contributed by atoms with Gasteiger partial charge >= 0.3 is 0 Å². The zero-order valence-electron chi connectivity index (χ0n) is 8.71. The van der Waals surface area contributed by atoms with Crippen molar-refractivity contribution in [1.82, 2.24) is 4.90 Å². The first-order valence-corrected chi connectivity index (χ1v) is 6.92. The molecule has 0 aliphatic carbocycles. The summed E-state index contributed by atoms with van der Waals surface area (Å²) in [6.07, 6.45) is 0. The second kappa shape index (κ2) is 7.63. The van der Waals surface area contributed by atoms with Gasteiger partial charge in [0.1, 0.15) is 0 Å². The maximum Gasteiger partial charge on any atom is 0.0701 e. The van der Waals surface area contributed by atoms with Crippen molar-refractivity contribution in [2.75, 3.05) is 32.7 Å². The third kappa shape index (κ3) is 5.31. The summed E-state index contributed by atoms with van der Waals surface area (Å²) in [5.41, 5.74) is 0. The third-order valence-electron chi connectivity index (χ3n) is 2.02. The molecule has 0 fully saturated rings. The summed E-state index contributed by atoms with van der Waals surface area (Å²) in [5, 5.41) is 0. The second-order valence-corrected chi connectivity index (χ2v) is 6.09. The number of nitrogens with zero attached hydrogens (tertiary/aromatic N) is 1. The van der Waals surface area contributed by atoms with Crippen molar-refractivity contribution >= 4 is 38.9 Å². The van der Waals surface area contributed by atoms with Crippen molar-refractivity contribution in [2.24, 2.45) is 0 Å². The van der Waals surface area contributed by atoms with Crippen LogP contribution in [0.4, 0.5) is 0 Å². The number of hydrogen-bond donors (Lipinski definition) is 0. The highest BCUT2D eigenvalue weighted by Crippen LogP contribution is 2.23. The lowest BCUT2D eigenvalue weighted by molar-refractivity contribution is 0.148. The molecule has 0 amide bonds. The van der Waals surface area contributed by atoms with Gasteiger partial charge < -0.3 is 4.74 Å². The fourth-order valence-corrected chi connectivity index (χ4v) is 3.03. The molecule has 1 aromatic heterocycles. The number of methoxy groups -OCH3 is 1. The quantitative estimate of drug-likeness (QED) is 0.717. The Kier molecular flexibility index (Phi) is 6.84. The Morgan fingerprint density at radius 2 is 2.27 bits per heavy atom. The van der Waals surface area contributed by atoms with E-state index in [2.05, 4.69) is 33.0 Å². The second-order valence-electron chi connectivity index (χ2n) is 3.16. The van der Waals surface area contributed by atoms with Crippen molar-refractivity contribution < 1.29 is 4.74 Å². The molecule has 15 heavy (non-hydrogen) atoms. The average molecular weight is 313 g/mol. The van der Waals surface area contributed by atoms with E-state index in [1.807, 2.05) is 0 Å². The predicted octanol–water partition coefficient (Wildman–Crippen LogP) is 3.20. The third-order valence-corrected chi connectivity index (χ3v) is 3.80. The Morgan fingerprint density at radius 3 is 2.80 bits per heavy atom. The summed E-state index contributed by atoms with van der Waals surface area (Å²) >= 11 is 11.0. The summed E-state index contributed by atoms with van der Waals surface area (Å²) in [7, 11) is 1.72. The minimum absolute atomic E-state index is 0.663. The molecular weight excluding hydrogens is 298 g/mol. The van der Waals surface area contributed by atoms with E-state index in [0.29, 0.717) is 5.88 Å². The predicted molar refractivity (Wildman–Crippen MR) is 69.9 cm³/mol. The number of rotatable bonds is 7. The van der Waals surface area contributed by atoms with E-state index in [1.54, 1.807) is 18.4 Å². The zero-order chi connectivity index (χ0) is 11.1. The molecule has 1 heterocycles. The molecule has 0 spiro atoms. The van der Waals surface area contributed by atoms with Gasteiger partial charge in [-0.25, -0.2) is 0 Å². The van der Waals surface area contributed by atoms with Crippen LogP contribution >= 0.6 is 38.9 Å². The van der Waals surface area contributed by atoms with Crippen molar-refractivity contribution in [1.29, 1.82) is 0 Å². The molecule has 0 aliphatic rings. The van der Waals surface area contributed by atoms with E-state index < -0.39 is 0 Å². The van der Waals surface area contributed by atoms with Gasteiger partial charge in [-0.2, -0.15) is 0 Å². The lowest BCUT2D eigenvalue weighted by Gasteiger charge is -2.19. The smallest absolute Gasteiger partial charge is 0.0701 e. The molecule has 86 valence electrons. The fraction of sp³-hybridized carbons (Fsp3) is 0.600. The fourth-order valence-electron chi connectivity index (χ4n) is 1.27. The van der Waals surface area contributed by atoms with Gasteiger partial charge in [0.15, 0.2) is 0 Å². The van der Waals surface area contributed by atoms with Crippen LogP contribution in [0.25, 0.3) is 0 Å². The van der Waals surface area contributed by atoms with E-state index in [4.69, 9.17) is 16.3 Å². The molecule has 1 aromatic rings. The minimum Gasteiger partial charge on any atom is -0.383 e. The molecule has 0 saturated heterocycles. The topological polar surface area (TPSA) is 12.5 Å². The molecule has 0 aliphatic heterocycles. The average Bonchev–Trinajstić information content (AvgIpc) is 2.61. The van der Waals surface area contributed by atoms with Gasteiger partial charge in [0, 0.05) is 37.5 Å². The molecule has 0 radical (unpaired) electrons. The van der Waals surface area contributed by atoms with E-state index in [1.165, 1.54) is 8.66 Å². The van der Waals surface area contributed by atoms with Crippen LogP contribution in [0.5, 0.6) is 0 Å². The van der Waals surface area contributed by atoms with Crippen molar-refractivity contribution in [3.8, 4) is 0 Å². The van der Waals surface area contributed by atoms with Gasteiger partial charge in [0.05, 0.1) is 10.4 Å². The van der Waals surface area contributed by atoms with E-state index in [9.17, 15) is 0 Å². The molecule has 0 unspecified atom stereocenters. The molecule has 0 bridgehead atoms. The summed E-state index contributed by atoms with van der Waals surface area (Å²) in [6.45, 7) is 3.54. The maximum absolute atomic E-state index is 5.76. The van der Waals surface area contributed by atoms with Gasteiger partial charge in [-0.05, 0) is 28.1 Å². The Hall–Kier alpha value is 0.390. The van der Waals surface area contributed by atoms with Crippen LogP contribution in [0.15, 0.2) is 15.9 Å². The van der Waals surface area contributed by atoms with Gasteiger partial charge in [0.2, 0.25) is 0 Å². The standard InChI is InChI=1S/C10H15BrClNOS/c1-14-7-6-13(5-4-12)8-9-2-3-10(11)15-9/h2-3H,4-8H2,1H3. The Labute approximate surface area is 108 Å². The zero-order valence-corrected chi connectivity index (χ0v) is 11.9. The van der Waals surface area contributed by atoms with E-state index >= 15 is 0 Å². The summed E-state index contributed by atoms with van der Waals surface area (Å²) < 4.78 is 6.25. The van der Waals surface area contributed by atoms with Crippen LogP contribution < -0.4 is 0 Å². The Morgan fingerprint density at radius 1 is 1.47 bits per heavy atom. The van der Waals surface area contributed by atoms with Crippen LogP contribution in [0.3, 0.4) is 0 Å². The largest absolute Gasteiger partial charge is 0.383 e. The molecule has 0 saturated carbocycles. The molecule has 0 N–H and O–H groups in total. The van der Waals surface area contributed by atoms with Gasteiger partial charge in [-0.3, -0.25) is 4.90 Å². The molecule has 5 heteroatoms. The highest BCUT2D eigenvalue weighted by atomic mass is 79.9. The van der Waals surface area contributed by atoms with E-state index in [0.717, 1.165) is 26.2 Å². The number of alkyl halides is 1. The van der Waals surface area contributed by atoms with Crippen LogP contribution in [-0.4, -0.2) is 37.6 Å². The maximum atomic E-state index is 5.76. The lowest BCUT2D eigenvalue weighted by Crippen LogP contribution is -2.28. The van der Waals surface area contributed by atoms with Crippen molar-refractivity contribution in [2.45, 2.75) is 6.54 Å². The van der Waals surface area contributed by atoms with Gasteiger partial charge in [-0.1, -0.05) is 0 Å². The first-order valence-electron chi connectivity index (χ1n) is 4.77. The summed E-state index contributed by atoms with van der Waals surface area (Å²) in [5.74, 6) is 0.663. The first-order chi connectivity index (χ1) is 7.26. The lowest BCUT2D eigenvalue weighted by atomic mass is 10.4. The monoisotopic (exact) mass is 311 g/mol. The molecule has 0 aromatic carbocycles. The highest BCUT2D eigenvalue weighted by molar-refractivity contribution is 9.11. The van der Waals surface area contributed by atoms with E-state index in [-0.39, 0.29) is 0 Å². The number of ether oxygens (including phenoxy) is 1. The number of hydrogen-bond acceptors (Lipinski definition) is 3. The van der Waals surface area contributed by atoms with Crippen LogP contribution in [0, 0.1) is 0 Å². The van der Waals surface area contributed by atoms with Crippen molar-refractivity contribution in [3.63, 3.8) is 0 Å². The van der Waals surface area contributed by atoms with Gasteiger partial charge in [-0.15, -0.1) is 22.9 Å². The molecular formula is C10H15BrClNOS. The summed E-state index contributed by atoms with van der Waals surface area (Å²) in [4.78, 5) is 3.65. The Balaban J connectivity index is 2.42. The van der Waals surface area contributed by atoms with Gasteiger partial charge in [0.25, 0.3) is 0 Å². The normalized spacial score (nSPS) is 11.2. The minimum atomic E-state index is 0.663. The molecule has 2 nitrogen and oxygen atoms in total. The van der Waals surface area contributed by atoms with Crippen molar-refractivity contribution in [3.05, 3.63) is 20.8 Å². The number of halogens is 2. The highest BCUT2D eigenvalue weighted by Gasteiger charge is 2.06. The van der Waals surface area contributed by atoms with Crippen LogP contribution in [0.2, 0.25) is 0 Å². The molecule has 0 atom stereocenters. The Bertz CT molecular complexity index is 282. The summed E-state index contributed by atoms with van der Waals surface area (Å²) in [6, 6.07) is 4.22. The number of thiophene rings is 1. The van der Waals surface area contributed by atoms with Crippen LogP contribution in [0.1, 0.15) is 4.88 Å².